The Balaban J connectivity index is 1.79. The van der Waals surface area contributed by atoms with Crippen LogP contribution in [-0.4, -0.2) is 42.9 Å². The van der Waals surface area contributed by atoms with Crippen molar-refractivity contribution in [2.75, 3.05) is 11.5 Å². The highest BCUT2D eigenvalue weighted by Crippen LogP contribution is 2.23. The Hall–Kier alpha value is -2.41. The number of halogens is 1. The largest absolute Gasteiger partial charge is 0.481 e. The maximum absolute atomic E-state index is 14.2. The van der Waals surface area contributed by atoms with Gasteiger partial charge in [0.05, 0.1) is 11.5 Å². The van der Waals surface area contributed by atoms with Gasteiger partial charge in [-0.3, -0.25) is 4.79 Å². The van der Waals surface area contributed by atoms with Crippen molar-refractivity contribution in [1.82, 2.24) is 4.90 Å². The number of hydrogen-bond donors (Lipinski definition) is 0. The molecule has 0 spiro atoms. The van der Waals surface area contributed by atoms with Gasteiger partial charge in [0.1, 0.15) is 11.6 Å². The number of aryl methyl sites for hydroxylation is 1. The maximum Gasteiger partial charge on any atom is 0.263 e. The third-order valence-corrected chi connectivity index (χ3v) is 6.97. The summed E-state index contributed by atoms with van der Waals surface area (Å²) < 4.78 is 43.9. The summed E-state index contributed by atoms with van der Waals surface area (Å²) in [6.45, 7) is 3.69. The van der Waals surface area contributed by atoms with E-state index in [4.69, 9.17) is 4.74 Å². The molecule has 1 aliphatic rings. The van der Waals surface area contributed by atoms with Gasteiger partial charge < -0.3 is 9.64 Å². The molecule has 0 N–H and O–H groups in total. The zero-order valence-corrected chi connectivity index (χ0v) is 17.5. The smallest absolute Gasteiger partial charge is 0.263 e. The Morgan fingerprint density at radius 1 is 1.21 bits per heavy atom. The molecular weight excluding hydrogens is 393 g/mol. The first kappa shape index (κ1) is 21.3. The molecule has 1 aliphatic heterocycles. The van der Waals surface area contributed by atoms with Gasteiger partial charge in [-0.25, -0.2) is 12.8 Å². The van der Waals surface area contributed by atoms with Gasteiger partial charge in [0.15, 0.2) is 15.9 Å². The molecule has 0 unspecified atom stereocenters. The summed E-state index contributed by atoms with van der Waals surface area (Å²) in [6.07, 6.45) is 0.430. The second-order valence-electron chi connectivity index (χ2n) is 7.37. The molecule has 2 atom stereocenters. The average Bonchev–Trinajstić information content (AvgIpc) is 3.07. The van der Waals surface area contributed by atoms with Crippen molar-refractivity contribution in [2.45, 2.75) is 45.4 Å². The topological polar surface area (TPSA) is 63.7 Å². The van der Waals surface area contributed by atoms with Gasteiger partial charge in [0.2, 0.25) is 0 Å². The molecule has 2 aromatic rings. The van der Waals surface area contributed by atoms with Gasteiger partial charge >= 0.3 is 0 Å². The summed E-state index contributed by atoms with van der Waals surface area (Å²) in [5.41, 5.74) is 1.51. The fourth-order valence-corrected chi connectivity index (χ4v) is 5.24. The van der Waals surface area contributed by atoms with Crippen molar-refractivity contribution in [2.24, 2.45) is 0 Å². The maximum atomic E-state index is 14.2. The quantitative estimate of drug-likeness (QED) is 0.690. The third kappa shape index (κ3) is 5.35. The molecule has 0 bridgehead atoms. The van der Waals surface area contributed by atoms with E-state index in [1.54, 1.807) is 25.1 Å². The number of hydrogen-bond acceptors (Lipinski definition) is 4. The van der Waals surface area contributed by atoms with Crippen molar-refractivity contribution in [3.8, 4) is 5.75 Å². The number of ether oxygens (including phenoxy) is 1. The molecule has 1 saturated heterocycles. The fraction of sp³-hybridized carbons (Fsp3) is 0.409. The summed E-state index contributed by atoms with van der Waals surface area (Å²) >= 11 is 0. The molecule has 0 saturated carbocycles. The summed E-state index contributed by atoms with van der Waals surface area (Å²) in [5, 5.41) is 0. The lowest BCUT2D eigenvalue weighted by atomic mass is 10.1. The van der Waals surface area contributed by atoms with Gasteiger partial charge in [-0.05, 0) is 43.5 Å². The molecule has 156 valence electrons. The standard InChI is InChI=1S/C22H26FNO4S/c1-3-17-8-10-20(11-9-17)28-16(2)22(25)24(19-12-13-29(26,27)15-19)14-18-6-4-5-7-21(18)23/h4-11,16,19H,3,12-15H2,1-2H3/t16-,19-/m0/s1. The van der Waals surface area contributed by atoms with Crippen LogP contribution >= 0.6 is 0 Å². The van der Waals surface area contributed by atoms with Crippen LogP contribution < -0.4 is 4.74 Å². The lowest BCUT2D eigenvalue weighted by Gasteiger charge is -2.31. The Labute approximate surface area is 171 Å². The molecule has 7 heteroatoms. The molecule has 2 aromatic carbocycles. The zero-order valence-electron chi connectivity index (χ0n) is 16.7. The van der Waals surface area contributed by atoms with Crippen LogP contribution in [0.25, 0.3) is 0 Å². The van der Waals surface area contributed by atoms with Crippen molar-refractivity contribution in [3.63, 3.8) is 0 Å². The van der Waals surface area contributed by atoms with Crippen LogP contribution in [0.1, 0.15) is 31.4 Å². The van der Waals surface area contributed by atoms with E-state index in [1.807, 2.05) is 24.3 Å². The highest BCUT2D eigenvalue weighted by Gasteiger charge is 2.37. The highest BCUT2D eigenvalue weighted by molar-refractivity contribution is 7.91. The summed E-state index contributed by atoms with van der Waals surface area (Å²) in [7, 11) is -3.20. The zero-order chi connectivity index (χ0) is 21.0. The molecule has 0 aliphatic carbocycles. The molecule has 1 heterocycles. The van der Waals surface area contributed by atoms with E-state index in [0.717, 1.165) is 12.0 Å². The molecule has 5 nitrogen and oxygen atoms in total. The molecule has 1 amide bonds. The number of carbonyl (C=O) groups excluding carboxylic acids is 1. The lowest BCUT2D eigenvalue weighted by Crippen LogP contribution is -2.46. The average molecular weight is 420 g/mol. The fourth-order valence-electron chi connectivity index (χ4n) is 3.51. The van der Waals surface area contributed by atoms with E-state index in [2.05, 4.69) is 6.92 Å². The van der Waals surface area contributed by atoms with Crippen LogP contribution in [0.3, 0.4) is 0 Å². The SMILES string of the molecule is CCc1ccc(O[C@@H](C)C(=O)N(Cc2ccccc2F)[C@H]2CCS(=O)(=O)C2)cc1. The molecule has 29 heavy (non-hydrogen) atoms. The van der Waals surface area contributed by atoms with E-state index in [9.17, 15) is 17.6 Å². The number of benzene rings is 2. The van der Waals surface area contributed by atoms with Crippen LogP contribution in [0.2, 0.25) is 0 Å². The van der Waals surface area contributed by atoms with E-state index >= 15 is 0 Å². The van der Waals surface area contributed by atoms with Crippen molar-refractivity contribution in [1.29, 1.82) is 0 Å². The summed E-state index contributed by atoms with van der Waals surface area (Å²) in [4.78, 5) is 14.6. The summed E-state index contributed by atoms with van der Waals surface area (Å²) in [6, 6.07) is 13.2. The van der Waals surface area contributed by atoms with Crippen molar-refractivity contribution in [3.05, 3.63) is 65.5 Å². The number of rotatable bonds is 7. The molecule has 0 radical (unpaired) electrons. The first-order chi connectivity index (χ1) is 13.8. The van der Waals surface area contributed by atoms with Crippen LogP contribution in [0.4, 0.5) is 4.39 Å². The first-order valence-corrected chi connectivity index (χ1v) is 11.6. The number of sulfone groups is 1. The number of nitrogens with zero attached hydrogens (tertiary/aromatic N) is 1. The van der Waals surface area contributed by atoms with Crippen molar-refractivity contribution >= 4 is 15.7 Å². The normalized spacial score (nSPS) is 18.9. The predicted octanol–water partition coefficient (Wildman–Crippen LogP) is 3.37. The minimum Gasteiger partial charge on any atom is -0.481 e. The van der Waals surface area contributed by atoms with Crippen molar-refractivity contribution < 1.29 is 22.3 Å². The summed E-state index contributed by atoms with van der Waals surface area (Å²) in [5.74, 6) is -0.282. The van der Waals surface area contributed by atoms with Crippen LogP contribution in [0, 0.1) is 5.82 Å². The van der Waals surface area contributed by atoms with E-state index in [0.29, 0.717) is 17.7 Å². The molecule has 0 aromatic heterocycles. The van der Waals surface area contributed by atoms with Gasteiger partial charge in [-0.1, -0.05) is 37.3 Å². The van der Waals surface area contributed by atoms with E-state index in [-0.39, 0.29) is 24.0 Å². The monoisotopic (exact) mass is 419 g/mol. The predicted molar refractivity (Wildman–Crippen MR) is 110 cm³/mol. The molecule has 3 rings (SSSR count). The number of carbonyl (C=O) groups is 1. The minimum absolute atomic E-state index is 0.00810. The molecule has 1 fully saturated rings. The van der Waals surface area contributed by atoms with E-state index in [1.165, 1.54) is 11.0 Å². The van der Waals surface area contributed by atoms with Crippen LogP contribution in [0.5, 0.6) is 5.75 Å². The Morgan fingerprint density at radius 2 is 1.90 bits per heavy atom. The second kappa shape index (κ2) is 8.95. The van der Waals surface area contributed by atoms with E-state index < -0.39 is 27.8 Å². The van der Waals surface area contributed by atoms with Crippen LogP contribution in [-0.2, 0) is 27.6 Å². The van der Waals surface area contributed by atoms with Gasteiger partial charge in [0.25, 0.3) is 5.91 Å². The van der Waals surface area contributed by atoms with Gasteiger partial charge in [-0.15, -0.1) is 0 Å². The van der Waals surface area contributed by atoms with Gasteiger partial charge in [-0.2, -0.15) is 0 Å². The third-order valence-electron chi connectivity index (χ3n) is 5.22. The Kier molecular flexibility index (Phi) is 6.57. The van der Waals surface area contributed by atoms with Gasteiger partial charge in [0, 0.05) is 18.2 Å². The second-order valence-corrected chi connectivity index (χ2v) is 9.60. The Morgan fingerprint density at radius 3 is 2.48 bits per heavy atom. The lowest BCUT2D eigenvalue weighted by molar-refractivity contribution is -0.140. The Bertz CT molecular complexity index is 959. The molecular formula is C22H26FNO4S. The van der Waals surface area contributed by atoms with Crippen LogP contribution in [0.15, 0.2) is 48.5 Å². The first-order valence-electron chi connectivity index (χ1n) is 9.79. The highest BCUT2D eigenvalue weighted by atomic mass is 32.2. The number of amides is 1. The minimum atomic E-state index is -3.20.